The molecule has 0 radical (unpaired) electrons. The molecule has 0 unspecified atom stereocenters. The van der Waals surface area contributed by atoms with Gasteiger partial charge in [0, 0.05) is 15.8 Å². The van der Waals surface area contributed by atoms with Gasteiger partial charge in [0.15, 0.2) is 0 Å². The Morgan fingerprint density at radius 3 is 2.52 bits per heavy atom. The van der Waals surface area contributed by atoms with Gasteiger partial charge in [-0.1, -0.05) is 31.5 Å². The number of para-hydroxylation sites is 1. The zero-order valence-electron chi connectivity index (χ0n) is 11.9. The molecule has 0 aliphatic carbocycles. The maximum Gasteiger partial charge on any atom is 0.259 e. The molecule has 0 heterocycles. The third kappa shape index (κ3) is 4.03. The van der Waals surface area contributed by atoms with Crippen LogP contribution in [0.2, 0.25) is 0 Å². The van der Waals surface area contributed by atoms with Crippen LogP contribution in [0.15, 0.2) is 48.5 Å². The molecule has 0 saturated heterocycles. The number of anilines is 1. The van der Waals surface area contributed by atoms with E-state index in [0.717, 1.165) is 18.5 Å². The number of benzene rings is 2. The Hall–Kier alpha value is -1.43. The number of amides is 1. The quantitative estimate of drug-likeness (QED) is 0.659. The molecule has 2 nitrogen and oxygen atoms in total. The first-order valence-corrected chi connectivity index (χ1v) is 8.03. The summed E-state index contributed by atoms with van der Waals surface area (Å²) in [6.07, 6.45) is 1.94. The first-order chi connectivity index (χ1) is 10.1. The highest BCUT2D eigenvalue weighted by atomic mass is 127. The summed E-state index contributed by atoms with van der Waals surface area (Å²) in [6.45, 7) is 2.75. The lowest BCUT2D eigenvalue weighted by Gasteiger charge is -2.23. The summed E-state index contributed by atoms with van der Waals surface area (Å²) in [5, 5.41) is 0. The minimum Gasteiger partial charge on any atom is -0.308 e. The summed E-state index contributed by atoms with van der Waals surface area (Å²) in [5.41, 5.74) is 1.41. The summed E-state index contributed by atoms with van der Waals surface area (Å²) in [4.78, 5) is 14.5. The topological polar surface area (TPSA) is 20.3 Å². The molecule has 1 amide bonds. The molecule has 0 N–H and O–H groups in total. The van der Waals surface area contributed by atoms with Gasteiger partial charge in [-0.25, -0.2) is 4.39 Å². The number of unbranched alkanes of at least 4 members (excludes halogenated alkanes) is 1. The molecule has 0 atom stereocenters. The fraction of sp³-hybridized carbons (Fsp3) is 0.235. The molecular formula is C17H17FINO. The van der Waals surface area contributed by atoms with Crippen LogP contribution in [0.4, 0.5) is 10.1 Å². The Balaban J connectivity index is 2.34. The van der Waals surface area contributed by atoms with E-state index in [2.05, 4.69) is 6.92 Å². The van der Waals surface area contributed by atoms with Crippen LogP contribution in [-0.4, -0.2) is 12.5 Å². The fourth-order valence-corrected chi connectivity index (χ4v) is 2.79. The van der Waals surface area contributed by atoms with E-state index < -0.39 is 0 Å². The standard InChI is InChI=1S/C17H17FINO/c1-2-3-11-20(14-7-5-4-6-8-14)17(21)15-10-9-13(18)12-16(15)19/h4-10,12H,2-3,11H2,1H3. The van der Waals surface area contributed by atoms with E-state index in [1.54, 1.807) is 11.0 Å². The van der Waals surface area contributed by atoms with Crippen molar-refractivity contribution in [2.24, 2.45) is 0 Å². The number of hydrogen-bond donors (Lipinski definition) is 0. The first-order valence-electron chi connectivity index (χ1n) is 6.95. The van der Waals surface area contributed by atoms with E-state index in [0.29, 0.717) is 15.7 Å². The molecule has 0 spiro atoms. The van der Waals surface area contributed by atoms with Crippen molar-refractivity contribution in [1.82, 2.24) is 0 Å². The average Bonchev–Trinajstić information content (AvgIpc) is 2.48. The number of hydrogen-bond acceptors (Lipinski definition) is 1. The van der Waals surface area contributed by atoms with Gasteiger partial charge in [-0.3, -0.25) is 4.79 Å². The van der Waals surface area contributed by atoms with E-state index >= 15 is 0 Å². The zero-order chi connectivity index (χ0) is 15.2. The van der Waals surface area contributed by atoms with Crippen molar-refractivity contribution < 1.29 is 9.18 Å². The number of carbonyl (C=O) groups excluding carboxylic acids is 1. The predicted octanol–water partition coefficient (Wildman–Crippen LogP) is 4.88. The summed E-state index contributed by atoms with van der Waals surface area (Å²) in [6, 6.07) is 13.9. The van der Waals surface area contributed by atoms with Crippen molar-refractivity contribution in [1.29, 1.82) is 0 Å². The second-order valence-electron chi connectivity index (χ2n) is 4.77. The van der Waals surface area contributed by atoms with Crippen LogP contribution in [0, 0.1) is 9.39 Å². The van der Waals surface area contributed by atoms with Crippen molar-refractivity contribution in [3.8, 4) is 0 Å². The Morgan fingerprint density at radius 1 is 1.19 bits per heavy atom. The van der Waals surface area contributed by atoms with Crippen LogP contribution in [-0.2, 0) is 0 Å². The molecule has 110 valence electrons. The molecule has 0 saturated carbocycles. The third-order valence-corrected chi connectivity index (χ3v) is 4.10. The van der Waals surface area contributed by atoms with Gasteiger partial charge < -0.3 is 4.90 Å². The van der Waals surface area contributed by atoms with Crippen molar-refractivity contribution in [3.05, 3.63) is 63.5 Å². The van der Waals surface area contributed by atoms with Crippen molar-refractivity contribution in [2.75, 3.05) is 11.4 Å². The van der Waals surface area contributed by atoms with Gasteiger partial charge in [-0.15, -0.1) is 0 Å². The van der Waals surface area contributed by atoms with Crippen LogP contribution in [0.1, 0.15) is 30.1 Å². The third-order valence-electron chi connectivity index (χ3n) is 3.21. The number of carbonyl (C=O) groups is 1. The van der Waals surface area contributed by atoms with Crippen LogP contribution in [0.3, 0.4) is 0 Å². The first kappa shape index (κ1) is 15.9. The maximum atomic E-state index is 13.2. The molecule has 2 aromatic carbocycles. The summed E-state index contributed by atoms with van der Waals surface area (Å²) in [7, 11) is 0. The highest BCUT2D eigenvalue weighted by molar-refractivity contribution is 14.1. The molecule has 0 fully saturated rings. The van der Waals surface area contributed by atoms with Crippen LogP contribution < -0.4 is 4.90 Å². The smallest absolute Gasteiger partial charge is 0.259 e. The lowest BCUT2D eigenvalue weighted by molar-refractivity contribution is 0.0985. The van der Waals surface area contributed by atoms with Crippen LogP contribution in [0.5, 0.6) is 0 Å². The molecule has 21 heavy (non-hydrogen) atoms. The van der Waals surface area contributed by atoms with Gasteiger partial charge in [0.1, 0.15) is 5.82 Å². The molecule has 0 aliphatic rings. The SMILES string of the molecule is CCCCN(C(=O)c1ccc(F)cc1I)c1ccccc1. The average molecular weight is 397 g/mol. The van der Waals surface area contributed by atoms with Gasteiger partial charge >= 0.3 is 0 Å². The molecular weight excluding hydrogens is 380 g/mol. The van der Waals surface area contributed by atoms with E-state index in [9.17, 15) is 9.18 Å². The van der Waals surface area contributed by atoms with Gasteiger partial charge in [0.05, 0.1) is 5.56 Å². The number of nitrogens with zero attached hydrogens (tertiary/aromatic N) is 1. The summed E-state index contributed by atoms with van der Waals surface area (Å²) >= 11 is 2.00. The highest BCUT2D eigenvalue weighted by Gasteiger charge is 2.19. The fourth-order valence-electron chi connectivity index (χ4n) is 2.08. The largest absolute Gasteiger partial charge is 0.308 e. The summed E-state index contributed by atoms with van der Waals surface area (Å²) in [5.74, 6) is -0.408. The van der Waals surface area contributed by atoms with E-state index in [1.165, 1.54) is 12.1 Å². The van der Waals surface area contributed by atoms with E-state index in [1.807, 2.05) is 52.9 Å². The van der Waals surface area contributed by atoms with E-state index in [-0.39, 0.29) is 11.7 Å². The summed E-state index contributed by atoms with van der Waals surface area (Å²) < 4.78 is 13.8. The van der Waals surface area contributed by atoms with E-state index in [4.69, 9.17) is 0 Å². The number of halogens is 2. The van der Waals surface area contributed by atoms with Gasteiger partial charge in [0.2, 0.25) is 0 Å². The maximum absolute atomic E-state index is 13.2. The Bertz CT molecular complexity index is 615. The molecule has 0 bridgehead atoms. The minimum atomic E-state index is -0.323. The van der Waals surface area contributed by atoms with Gasteiger partial charge in [0.25, 0.3) is 5.91 Å². The Labute approximate surface area is 138 Å². The van der Waals surface area contributed by atoms with Crippen molar-refractivity contribution in [2.45, 2.75) is 19.8 Å². The normalized spacial score (nSPS) is 10.4. The second-order valence-corrected chi connectivity index (χ2v) is 5.93. The minimum absolute atomic E-state index is 0.0842. The Morgan fingerprint density at radius 2 is 1.90 bits per heavy atom. The van der Waals surface area contributed by atoms with Crippen molar-refractivity contribution in [3.63, 3.8) is 0 Å². The zero-order valence-corrected chi connectivity index (χ0v) is 14.0. The van der Waals surface area contributed by atoms with Crippen LogP contribution in [0.25, 0.3) is 0 Å². The van der Waals surface area contributed by atoms with Crippen molar-refractivity contribution >= 4 is 34.2 Å². The van der Waals surface area contributed by atoms with Crippen LogP contribution >= 0.6 is 22.6 Å². The monoisotopic (exact) mass is 397 g/mol. The highest BCUT2D eigenvalue weighted by Crippen LogP contribution is 2.21. The molecule has 2 aromatic rings. The van der Waals surface area contributed by atoms with Gasteiger partial charge in [-0.2, -0.15) is 0 Å². The lowest BCUT2D eigenvalue weighted by atomic mass is 10.1. The molecule has 0 aromatic heterocycles. The predicted molar refractivity (Wildman–Crippen MR) is 92.1 cm³/mol. The lowest BCUT2D eigenvalue weighted by Crippen LogP contribution is -2.32. The molecule has 4 heteroatoms. The second kappa shape index (κ2) is 7.54. The van der Waals surface area contributed by atoms with Gasteiger partial charge in [-0.05, 0) is 59.3 Å². The molecule has 2 rings (SSSR count). The Kier molecular flexibility index (Phi) is 5.73. The number of rotatable bonds is 5. The molecule has 0 aliphatic heterocycles.